The quantitative estimate of drug-likeness (QED) is 0.535. The Morgan fingerprint density at radius 3 is 2.59 bits per heavy atom. The summed E-state index contributed by atoms with van der Waals surface area (Å²) in [5.74, 6) is 0.576. The van der Waals surface area contributed by atoms with Crippen LogP contribution in [0.15, 0.2) is 36.4 Å². The van der Waals surface area contributed by atoms with Gasteiger partial charge in [-0.3, -0.25) is 9.59 Å². The minimum Gasteiger partial charge on any atom is -0.493 e. The fourth-order valence-corrected chi connectivity index (χ4v) is 4.36. The van der Waals surface area contributed by atoms with E-state index in [-0.39, 0.29) is 36.1 Å². The van der Waals surface area contributed by atoms with Crippen molar-refractivity contribution in [2.24, 2.45) is 0 Å². The summed E-state index contributed by atoms with van der Waals surface area (Å²) < 4.78 is 36.6. The number of carbonyl (C=O) groups is 2. The van der Waals surface area contributed by atoms with Gasteiger partial charge in [0.1, 0.15) is 24.3 Å². The van der Waals surface area contributed by atoms with Crippen LogP contribution in [-0.4, -0.2) is 62.2 Å². The molecule has 2 aliphatic rings. The average Bonchev–Trinajstić information content (AvgIpc) is 3.36. The van der Waals surface area contributed by atoms with Crippen molar-refractivity contribution in [3.05, 3.63) is 53.3 Å². The molecule has 1 heterocycles. The topological polar surface area (TPSA) is 74.3 Å². The number of halogens is 1. The lowest BCUT2D eigenvalue weighted by molar-refractivity contribution is -0.0402. The van der Waals surface area contributed by atoms with E-state index in [1.165, 1.54) is 19.1 Å². The van der Waals surface area contributed by atoms with Gasteiger partial charge < -0.3 is 23.8 Å². The summed E-state index contributed by atoms with van der Waals surface area (Å²) >= 11 is 0. The molecule has 1 aliphatic heterocycles. The molecule has 1 saturated heterocycles. The minimum atomic E-state index is -0.501. The first kappa shape index (κ1) is 24.0. The number of ether oxygens (including phenoxy) is 4. The standard InChI is InChI=1S/C26H30FNO6/c1-17(29)22-14-19(27)8-10-23(22)33-16-21-15-28(11-12-32-21)26(30)18-7-9-24(31-2)25(13-18)34-20-5-3-4-6-20/h7-10,13-14,20-21H,3-6,11-12,15-16H2,1-2H3. The summed E-state index contributed by atoms with van der Waals surface area (Å²) in [6.45, 7) is 2.65. The molecule has 1 atom stereocenters. The number of hydrogen-bond donors (Lipinski definition) is 0. The maximum absolute atomic E-state index is 13.5. The number of hydrogen-bond acceptors (Lipinski definition) is 6. The maximum atomic E-state index is 13.5. The SMILES string of the molecule is COc1ccc(C(=O)N2CCOC(COc3ccc(F)cc3C(C)=O)C2)cc1OC1CCCC1. The van der Waals surface area contributed by atoms with Gasteiger partial charge in [0.05, 0.1) is 31.9 Å². The molecule has 0 bridgehead atoms. The van der Waals surface area contributed by atoms with Gasteiger partial charge in [0.15, 0.2) is 17.3 Å². The first-order chi connectivity index (χ1) is 16.4. The lowest BCUT2D eigenvalue weighted by atomic mass is 10.1. The molecule has 0 radical (unpaired) electrons. The van der Waals surface area contributed by atoms with Gasteiger partial charge in [-0.25, -0.2) is 4.39 Å². The van der Waals surface area contributed by atoms with Crippen LogP contribution in [0.4, 0.5) is 4.39 Å². The molecule has 8 heteroatoms. The third kappa shape index (κ3) is 5.67. The van der Waals surface area contributed by atoms with Crippen LogP contribution in [0, 0.1) is 5.82 Å². The molecule has 4 rings (SSSR count). The van der Waals surface area contributed by atoms with E-state index < -0.39 is 5.82 Å². The Bertz CT molecular complexity index is 1040. The van der Waals surface area contributed by atoms with Gasteiger partial charge in [-0.1, -0.05) is 0 Å². The van der Waals surface area contributed by atoms with E-state index in [2.05, 4.69) is 0 Å². The van der Waals surface area contributed by atoms with Crippen molar-refractivity contribution in [1.82, 2.24) is 4.90 Å². The number of methoxy groups -OCH3 is 1. The summed E-state index contributed by atoms with van der Waals surface area (Å²) in [7, 11) is 1.59. The Kier molecular flexibility index (Phi) is 7.67. The van der Waals surface area contributed by atoms with E-state index >= 15 is 0 Å². The number of rotatable bonds is 8. The van der Waals surface area contributed by atoms with Gasteiger partial charge in [-0.05, 0) is 69.0 Å². The Balaban J connectivity index is 1.41. The van der Waals surface area contributed by atoms with Crippen LogP contribution in [-0.2, 0) is 4.74 Å². The highest BCUT2D eigenvalue weighted by molar-refractivity contribution is 5.97. The molecule has 7 nitrogen and oxygen atoms in total. The normalized spacial score (nSPS) is 18.6. The van der Waals surface area contributed by atoms with Crippen molar-refractivity contribution in [1.29, 1.82) is 0 Å². The number of benzene rings is 2. The summed E-state index contributed by atoms with van der Waals surface area (Å²) in [4.78, 5) is 26.8. The Morgan fingerprint density at radius 1 is 1.09 bits per heavy atom. The number of morpholine rings is 1. The van der Waals surface area contributed by atoms with Crippen molar-refractivity contribution in [3.8, 4) is 17.2 Å². The van der Waals surface area contributed by atoms with E-state index in [0.717, 1.165) is 31.7 Å². The molecule has 0 aromatic heterocycles. The second-order valence-corrected chi connectivity index (χ2v) is 8.64. The highest BCUT2D eigenvalue weighted by atomic mass is 19.1. The van der Waals surface area contributed by atoms with Crippen molar-refractivity contribution in [3.63, 3.8) is 0 Å². The highest BCUT2D eigenvalue weighted by Crippen LogP contribution is 2.33. The maximum Gasteiger partial charge on any atom is 0.254 e. The number of amides is 1. The molecule has 0 spiro atoms. The molecule has 1 amide bonds. The van der Waals surface area contributed by atoms with Crippen LogP contribution in [0.5, 0.6) is 17.2 Å². The van der Waals surface area contributed by atoms with Crippen molar-refractivity contribution in [2.45, 2.75) is 44.8 Å². The number of carbonyl (C=O) groups excluding carboxylic acids is 2. The van der Waals surface area contributed by atoms with Gasteiger partial charge >= 0.3 is 0 Å². The van der Waals surface area contributed by atoms with Crippen molar-refractivity contribution >= 4 is 11.7 Å². The van der Waals surface area contributed by atoms with Gasteiger partial charge in [0, 0.05) is 12.1 Å². The lowest BCUT2D eigenvalue weighted by Crippen LogP contribution is -2.47. The molecule has 182 valence electrons. The number of ketones is 1. The fourth-order valence-electron chi connectivity index (χ4n) is 4.36. The van der Waals surface area contributed by atoms with Gasteiger partial charge in [0.25, 0.3) is 5.91 Å². The molecule has 34 heavy (non-hydrogen) atoms. The molecule has 2 aromatic rings. The van der Waals surface area contributed by atoms with Crippen molar-refractivity contribution < 1.29 is 32.9 Å². The lowest BCUT2D eigenvalue weighted by Gasteiger charge is -2.33. The zero-order chi connectivity index (χ0) is 24.1. The average molecular weight is 472 g/mol. The number of Topliss-reactive ketones (excluding diaryl/α,β-unsaturated/α-hetero) is 1. The van der Waals surface area contributed by atoms with E-state index in [1.54, 1.807) is 30.2 Å². The largest absolute Gasteiger partial charge is 0.493 e. The third-order valence-corrected chi connectivity index (χ3v) is 6.18. The van der Waals surface area contributed by atoms with E-state index in [1.807, 2.05) is 0 Å². The zero-order valence-corrected chi connectivity index (χ0v) is 19.6. The van der Waals surface area contributed by atoms with E-state index in [4.69, 9.17) is 18.9 Å². The van der Waals surface area contributed by atoms with E-state index in [0.29, 0.717) is 42.5 Å². The van der Waals surface area contributed by atoms with Crippen LogP contribution in [0.1, 0.15) is 53.3 Å². The van der Waals surface area contributed by atoms with E-state index in [9.17, 15) is 14.0 Å². The molecular formula is C26H30FNO6. The second-order valence-electron chi connectivity index (χ2n) is 8.64. The fraction of sp³-hybridized carbons (Fsp3) is 0.462. The Morgan fingerprint density at radius 2 is 1.85 bits per heavy atom. The summed E-state index contributed by atoms with van der Waals surface area (Å²) in [5, 5.41) is 0. The first-order valence-electron chi connectivity index (χ1n) is 11.6. The zero-order valence-electron chi connectivity index (χ0n) is 19.6. The summed E-state index contributed by atoms with van der Waals surface area (Å²) in [6.07, 6.45) is 4.08. The van der Waals surface area contributed by atoms with Crippen LogP contribution < -0.4 is 14.2 Å². The molecule has 1 aliphatic carbocycles. The predicted octanol–water partition coefficient (Wildman–Crippen LogP) is 4.28. The Hall–Kier alpha value is -3.13. The highest BCUT2D eigenvalue weighted by Gasteiger charge is 2.27. The summed E-state index contributed by atoms with van der Waals surface area (Å²) in [5.41, 5.74) is 0.699. The molecule has 2 aromatic carbocycles. The predicted molar refractivity (Wildman–Crippen MR) is 123 cm³/mol. The van der Waals surface area contributed by atoms with Gasteiger partial charge in [-0.2, -0.15) is 0 Å². The monoisotopic (exact) mass is 471 g/mol. The van der Waals surface area contributed by atoms with Crippen LogP contribution in [0.2, 0.25) is 0 Å². The third-order valence-electron chi connectivity index (χ3n) is 6.18. The summed E-state index contributed by atoms with van der Waals surface area (Å²) in [6, 6.07) is 9.08. The van der Waals surface area contributed by atoms with Crippen molar-refractivity contribution in [2.75, 3.05) is 33.4 Å². The van der Waals surface area contributed by atoms with Gasteiger partial charge in [0.2, 0.25) is 0 Å². The molecule has 2 fully saturated rings. The number of nitrogens with zero attached hydrogens (tertiary/aromatic N) is 1. The molecule has 1 saturated carbocycles. The molecule has 1 unspecified atom stereocenters. The van der Waals surface area contributed by atoms with Crippen LogP contribution in [0.3, 0.4) is 0 Å². The smallest absolute Gasteiger partial charge is 0.254 e. The second kappa shape index (κ2) is 10.9. The van der Waals surface area contributed by atoms with Crippen LogP contribution >= 0.6 is 0 Å². The van der Waals surface area contributed by atoms with Gasteiger partial charge in [-0.15, -0.1) is 0 Å². The first-order valence-corrected chi connectivity index (χ1v) is 11.6. The minimum absolute atomic E-state index is 0.126. The Labute approximate surface area is 198 Å². The van der Waals surface area contributed by atoms with Crippen LogP contribution in [0.25, 0.3) is 0 Å². The molecular weight excluding hydrogens is 441 g/mol. The molecule has 0 N–H and O–H groups in total.